The standard InChI is InChI=1S/C20H16N2O4S/c23-20(17-7-3-1-4-8-17)22-21-15-16-11-13-18(14-12-16)26-27(24,25)19-9-5-2-6-10-19/h1-15H,(H,22,23). The highest BCUT2D eigenvalue weighted by atomic mass is 32.2. The Balaban J connectivity index is 1.61. The molecule has 0 radical (unpaired) electrons. The molecule has 0 aliphatic heterocycles. The summed E-state index contributed by atoms with van der Waals surface area (Å²) in [6.07, 6.45) is 1.45. The minimum atomic E-state index is -3.88. The minimum Gasteiger partial charge on any atom is -0.379 e. The summed E-state index contributed by atoms with van der Waals surface area (Å²) in [5.41, 5.74) is 3.60. The fourth-order valence-electron chi connectivity index (χ4n) is 2.19. The van der Waals surface area contributed by atoms with E-state index in [1.165, 1.54) is 30.5 Å². The summed E-state index contributed by atoms with van der Waals surface area (Å²) in [7, 11) is -3.88. The predicted molar refractivity (Wildman–Crippen MR) is 102 cm³/mol. The van der Waals surface area contributed by atoms with Crippen LogP contribution in [0.5, 0.6) is 5.75 Å². The van der Waals surface area contributed by atoms with Crippen LogP contribution in [0.25, 0.3) is 0 Å². The van der Waals surface area contributed by atoms with E-state index in [-0.39, 0.29) is 16.6 Å². The number of hydrazone groups is 1. The van der Waals surface area contributed by atoms with Crippen LogP contribution in [0.1, 0.15) is 15.9 Å². The zero-order valence-corrected chi connectivity index (χ0v) is 15.0. The summed E-state index contributed by atoms with van der Waals surface area (Å²) in [5.74, 6) is -0.134. The maximum atomic E-state index is 12.2. The second kappa shape index (κ2) is 8.29. The van der Waals surface area contributed by atoms with Crippen LogP contribution >= 0.6 is 0 Å². The maximum absolute atomic E-state index is 12.2. The van der Waals surface area contributed by atoms with E-state index in [1.807, 2.05) is 6.07 Å². The first-order valence-electron chi connectivity index (χ1n) is 8.03. The molecule has 136 valence electrons. The molecule has 3 aromatic rings. The van der Waals surface area contributed by atoms with Gasteiger partial charge in [-0.1, -0.05) is 36.4 Å². The second-order valence-corrected chi connectivity index (χ2v) is 7.03. The molecule has 0 saturated heterocycles. The molecule has 0 aromatic heterocycles. The lowest BCUT2D eigenvalue weighted by Gasteiger charge is -2.06. The molecule has 0 atom stereocenters. The van der Waals surface area contributed by atoms with Crippen LogP contribution in [0.2, 0.25) is 0 Å². The van der Waals surface area contributed by atoms with E-state index in [0.29, 0.717) is 11.1 Å². The van der Waals surface area contributed by atoms with Gasteiger partial charge in [-0.3, -0.25) is 4.79 Å². The van der Waals surface area contributed by atoms with Crippen molar-refractivity contribution in [2.75, 3.05) is 0 Å². The number of hydrogen-bond acceptors (Lipinski definition) is 5. The monoisotopic (exact) mass is 380 g/mol. The Morgan fingerprint density at radius 3 is 2.07 bits per heavy atom. The smallest absolute Gasteiger partial charge is 0.339 e. The summed E-state index contributed by atoms with van der Waals surface area (Å²) < 4.78 is 29.4. The zero-order valence-electron chi connectivity index (χ0n) is 14.1. The Hall–Kier alpha value is -3.45. The summed E-state index contributed by atoms with van der Waals surface area (Å²) in [4.78, 5) is 12.0. The average Bonchev–Trinajstić information content (AvgIpc) is 2.70. The molecule has 0 saturated carbocycles. The van der Waals surface area contributed by atoms with Crippen molar-refractivity contribution in [2.24, 2.45) is 5.10 Å². The molecule has 0 fully saturated rings. The van der Waals surface area contributed by atoms with Crippen LogP contribution in [-0.4, -0.2) is 20.5 Å². The van der Waals surface area contributed by atoms with Gasteiger partial charge >= 0.3 is 10.1 Å². The van der Waals surface area contributed by atoms with Crippen LogP contribution in [0.4, 0.5) is 0 Å². The summed E-state index contributed by atoms with van der Waals surface area (Å²) >= 11 is 0. The van der Waals surface area contributed by atoms with Crippen LogP contribution < -0.4 is 9.61 Å². The topological polar surface area (TPSA) is 84.8 Å². The van der Waals surface area contributed by atoms with Crippen molar-refractivity contribution in [1.82, 2.24) is 5.43 Å². The number of nitrogens with one attached hydrogen (secondary N) is 1. The lowest BCUT2D eigenvalue weighted by molar-refractivity contribution is 0.0955. The molecule has 0 aliphatic carbocycles. The highest BCUT2D eigenvalue weighted by molar-refractivity contribution is 7.87. The third-order valence-electron chi connectivity index (χ3n) is 3.53. The van der Waals surface area contributed by atoms with E-state index in [4.69, 9.17) is 4.18 Å². The molecule has 3 aromatic carbocycles. The van der Waals surface area contributed by atoms with E-state index < -0.39 is 10.1 Å². The summed E-state index contributed by atoms with van der Waals surface area (Å²) in [6, 6.07) is 22.9. The van der Waals surface area contributed by atoms with Crippen molar-refractivity contribution in [3.05, 3.63) is 96.1 Å². The fourth-order valence-corrected chi connectivity index (χ4v) is 3.14. The lowest BCUT2D eigenvalue weighted by Crippen LogP contribution is -2.17. The molecular formula is C20H16N2O4S. The van der Waals surface area contributed by atoms with Gasteiger partial charge in [-0.15, -0.1) is 0 Å². The quantitative estimate of drug-likeness (QED) is 0.404. The van der Waals surface area contributed by atoms with Gasteiger partial charge in [0.25, 0.3) is 5.91 Å². The Morgan fingerprint density at radius 2 is 1.44 bits per heavy atom. The van der Waals surface area contributed by atoms with Crippen molar-refractivity contribution in [2.45, 2.75) is 4.90 Å². The maximum Gasteiger partial charge on any atom is 0.339 e. The Kier molecular flexibility index (Phi) is 5.63. The number of amides is 1. The SMILES string of the molecule is O=C(NN=Cc1ccc(OS(=O)(=O)c2ccccc2)cc1)c1ccccc1. The van der Waals surface area contributed by atoms with Gasteiger partial charge in [-0.2, -0.15) is 13.5 Å². The molecule has 0 heterocycles. The third-order valence-corrected chi connectivity index (χ3v) is 4.79. The Bertz CT molecular complexity index is 1030. The van der Waals surface area contributed by atoms with E-state index in [2.05, 4.69) is 10.5 Å². The van der Waals surface area contributed by atoms with Crippen molar-refractivity contribution in [1.29, 1.82) is 0 Å². The fraction of sp³-hybridized carbons (Fsp3) is 0. The van der Waals surface area contributed by atoms with E-state index >= 15 is 0 Å². The number of benzene rings is 3. The third kappa shape index (κ3) is 5.02. The Morgan fingerprint density at radius 1 is 0.852 bits per heavy atom. The zero-order chi connectivity index (χ0) is 19.1. The summed E-state index contributed by atoms with van der Waals surface area (Å²) in [5, 5.41) is 3.89. The lowest BCUT2D eigenvalue weighted by atomic mass is 10.2. The second-order valence-electron chi connectivity index (χ2n) is 5.48. The van der Waals surface area contributed by atoms with Gasteiger partial charge in [0, 0.05) is 5.56 Å². The van der Waals surface area contributed by atoms with E-state index in [1.54, 1.807) is 54.6 Å². The molecule has 0 bridgehead atoms. The van der Waals surface area contributed by atoms with Gasteiger partial charge in [0.1, 0.15) is 10.6 Å². The highest BCUT2D eigenvalue weighted by Crippen LogP contribution is 2.18. The largest absolute Gasteiger partial charge is 0.379 e. The molecule has 1 amide bonds. The van der Waals surface area contributed by atoms with Gasteiger partial charge in [-0.05, 0) is 54.1 Å². The van der Waals surface area contributed by atoms with Gasteiger partial charge < -0.3 is 4.18 Å². The number of carbonyl (C=O) groups is 1. The van der Waals surface area contributed by atoms with E-state index in [0.717, 1.165) is 0 Å². The molecule has 27 heavy (non-hydrogen) atoms. The van der Waals surface area contributed by atoms with Crippen molar-refractivity contribution in [3.63, 3.8) is 0 Å². The van der Waals surface area contributed by atoms with Crippen LogP contribution in [-0.2, 0) is 10.1 Å². The molecule has 0 spiro atoms. The normalized spacial score (nSPS) is 11.3. The molecule has 6 nitrogen and oxygen atoms in total. The van der Waals surface area contributed by atoms with Crippen LogP contribution in [0.15, 0.2) is 94.9 Å². The van der Waals surface area contributed by atoms with Gasteiger partial charge in [0.15, 0.2) is 0 Å². The molecule has 3 rings (SSSR count). The first kappa shape index (κ1) is 18.3. The van der Waals surface area contributed by atoms with Crippen molar-refractivity contribution < 1.29 is 17.4 Å². The minimum absolute atomic E-state index is 0.0827. The highest BCUT2D eigenvalue weighted by Gasteiger charge is 2.15. The number of hydrogen-bond donors (Lipinski definition) is 1. The predicted octanol–water partition coefficient (Wildman–Crippen LogP) is 3.22. The van der Waals surface area contributed by atoms with Gasteiger partial charge in [-0.25, -0.2) is 5.43 Å². The van der Waals surface area contributed by atoms with Crippen molar-refractivity contribution in [3.8, 4) is 5.75 Å². The van der Waals surface area contributed by atoms with Gasteiger partial charge in [0.05, 0.1) is 6.21 Å². The molecule has 7 heteroatoms. The summed E-state index contributed by atoms with van der Waals surface area (Å²) in [6.45, 7) is 0. The molecule has 0 unspecified atom stereocenters. The molecule has 0 aliphatic rings. The molecular weight excluding hydrogens is 364 g/mol. The molecule has 1 N–H and O–H groups in total. The Labute approximate surface area is 157 Å². The number of rotatable bonds is 6. The first-order valence-corrected chi connectivity index (χ1v) is 9.43. The van der Waals surface area contributed by atoms with Gasteiger partial charge in [0.2, 0.25) is 0 Å². The van der Waals surface area contributed by atoms with E-state index in [9.17, 15) is 13.2 Å². The number of carbonyl (C=O) groups excluding carboxylic acids is 1. The average molecular weight is 380 g/mol. The first-order chi connectivity index (χ1) is 13.0. The number of nitrogens with zero attached hydrogens (tertiary/aromatic N) is 1. The van der Waals surface area contributed by atoms with Crippen molar-refractivity contribution >= 4 is 22.2 Å². The van der Waals surface area contributed by atoms with Crippen LogP contribution in [0.3, 0.4) is 0 Å². The van der Waals surface area contributed by atoms with Crippen LogP contribution in [0, 0.1) is 0 Å².